The molecule has 0 N–H and O–H groups in total. The Morgan fingerprint density at radius 3 is 2.14 bits per heavy atom. The van der Waals surface area contributed by atoms with Crippen molar-refractivity contribution in [3.8, 4) is 40.0 Å². The van der Waals surface area contributed by atoms with Crippen LogP contribution in [-0.4, -0.2) is 25.0 Å². The van der Waals surface area contributed by atoms with E-state index in [4.69, 9.17) is 18.9 Å². The van der Waals surface area contributed by atoms with Gasteiger partial charge in [-0.15, -0.1) is 0 Å². The molecule has 0 amide bonds. The summed E-state index contributed by atoms with van der Waals surface area (Å²) in [7, 11) is 3.25. The molecule has 4 aromatic carbocycles. The van der Waals surface area contributed by atoms with E-state index >= 15 is 0 Å². The average Bonchev–Trinajstić information content (AvgIpc) is 3.59. The van der Waals surface area contributed by atoms with Gasteiger partial charge in [0.25, 0.3) is 0 Å². The molecular formula is C36H29N3O3. The molecular weight excluding hydrogens is 522 g/mol. The highest BCUT2D eigenvalue weighted by atomic mass is 16.5. The molecule has 42 heavy (non-hydrogen) atoms. The summed E-state index contributed by atoms with van der Waals surface area (Å²) >= 11 is 0. The maximum absolute atomic E-state index is 10.3. The maximum atomic E-state index is 10.3. The van der Waals surface area contributed by atoms with Crippen molar-refractivity contribution >= 4 is 23.0 Å². The van der Waals surface area contributed by atoms with Gasteiger partial charge in [0.2, 0.25) is 5.88 Å². The smallest absolute Gasteiger partial charge is 0.238 e. The number of ether oxygens (including phenoxy) is 2. The largest absolute Gasteiger partial charge is 0.497 e. The van der Waals surface area contributed by atoms with Crippen LogP contribution in [0.3, 0.4) is 0 Å². The lowest BCUT2D eigenvalue weighted by atomic mass is 9.98. The van der Waals surface area contributed by atoms with E-state index in [1.165, 1.54) is 11.1 Å². The summed E-state index contributed by atoms with van der Waals surface area (Å²) in [6, 6.07) is 34.2. The van der Waals surface area contributed by atoms with E-state index in [0.717, 1.165) is 45.6 Å². The fourth-order valence-electron chi connectivity index (χ4n) is 5.20. The summed E-state index contributed by atoms with van der Waals surface area (Å²) in [5, 5.41) is 11.4. The van der Waals surface area contributed by atoms with Crippen LogP contribution >= 0.6 is 0 Å². The second kappa shape index (κ2) is 11.5. The van der Waals surface area contributed by atoms with Crippen LogP contribution in [0.2, 0.25) is 0 Å². The van der Waals surface area contributed by atoms with Gasteiger partial charge < -0.3 is 18.5 Å². The van der Waals surface area contributed by atoms with Crippen LogP contribution in [0.5, 0.6) is 11.5 Å². The zero-order chi connectivity index (χ0) is 29.1. The first-order valence-corrected chi connectivity index (χ1v) is 13.6. The Kier molecular flexibility index (Phi) is 7.32. The van der Waals surface area contributed by atoms with Crippen molar-refractivity contribution < 1.29 is 13.9 Å². The number of methoxy groups -OCH3 is 2. The molecule has 6 aromatic rings. The van der Waals surface area contributed by atoms with E-state index in [1.807, 2.05) is 60.7 Å². The standard InChI is InChI=1S/C36H29N3O3/c1-24-8-4-5-9-27(24)22-39-23-28(31-10-6-7-11-33(31)39)21-38-36-32(20-37)34(25-12-16-29(40-2)17-13-25)35(42-36)26-14-18-30(41-3)19-15-26/h4-19,21,23H,22H2,1-3H3. The van der Waals surface area contributed by atoms with Gasteiger partial charge in [-0.3, -0.25) is 0 Å². The van der Waals surface area contributed by atoms with Gasteiger partial charge in [-0.25, -0.2) is 4.99 Å². The number of aromatic nitrogens is 1. The number of hydrogen-bond acceptors (Lipinski definition) is 5. The highest BCUT2D eigenvalue weighted by molar-refractivity contribution is 6.00. The van der Waals surface area contributed by atoms with Crippen LogP contribution in [0.15, 0.2) is 113 Å². The molecule has 0 aliphatic heterocycles. The molecule has 0 bridgehead atoms. The number of para-hydroxylation sites is 1. The van der Waals surface area contributed by atoms with E-state index < -0.39 is 0 Å². The van der Waals surface area contributed by atoms with Crippen molar-refractivity contribution in [1.82, 2.24) is 4.57 Å². The molecule has 2 aromatic heterocycles. The van der Waals surface area contributed by atoms with Crippen LogP contribution in [0.1, 0.15) is 22.3 Å². The Morgan fingerprint density at radius 2 is 1.48 bits per heavy atom. The van der Waals surface area contributed by atoms with Crippen LogP contribution in [0.4, 0.5) is 5.88 Å². The van der Waals surface area contributed by atoms with Crippen molar-refractivity contribution in [2.45, 2.75) is 13.5 Å². The first-order valence-electron chi connectivity index (χ1n) is 13.6. The van der Waals surface area contributed by atoms with Gasteiger partial charge in [-0.1, -0.05) is 54.6 Å². The molecule has 0 atom stereocenters. The molecule has 0 saturated carbocycles. The van der Waals surface area contributed by atoms with Gasteiger partial charge in [0.1, 0.15) is 28.9 Å². The number of aliphatic imine (C=N–C) groups is 1. The normalized spacial score (nSPS) is 11.2. The lowest BCUT2D eigenvalue weighted by molar-refractivity contribution is 0.414. The first-order chi connectivity index (χ1) is 20.6. The summed E-state index contributed by atoms with van der Waals surface area (Å²) in [5.74, 6) is 2.28. The van der Waals surface area contributed by atoms with Crippen molar-refractivity contribution in [3.05, 3.63) is 126 Å². The highest BCUT2D eigenvalue weighted by Crippen LogP contribution is 2.43. The average molecular weight is 552 g/mol. The van der Waals surface area contributed by atoms with E-state index in [-0.39, 0.29) is 5.88 Å². The first kappa shape index (κ1) is 26.7. The summed E-state index contributed by atoms with van der Waals surface area (Å²) in [6.07, 6.45) is 3.89. The van der Waals surface area contributed by atoms with Gasteiger partial charge >= 0.3 is 0 Å². The number of nitriles is 1. The predicted molar refractivity (Wildman–Crippen MR) is 167 cm³/mol. The lowest BCUT2D eigenvalue weighted by Gasteiger charge is -2.08. The fourth-order valence-corrected chi connectivity index (χ4v) is 5.20. The third-order valence-corrected chi connectivity index (χ3v) is 7.47. The van der Waals surface area contributed by atoms with Crippen LogP contribution < -0.4 is 9.47 Å². The number of hydrogen-bond donors (Lipinski definition) is 0. The van der Waals surface area contributed by atoms with Crippen molar-refractivity contribution in [1.29, 1.82) is 5.26 Å². The Bertz CT molecular complexity index is 1940. The number of aryl methyl sites for hydroxylation is 1. The quantitative estimate of drug-likeness (QED) is 0.178. The second-order valence-electron chi connectivity index (χ2n) is 9.97. The zero-order valence-electron chi connectivity index (χ0n) is 23.7. The molecule has 6 nitrogen and oxygen atoms in total. The summed E-state index contributed by atoms with van der Waals surface area (Å²) in [6.45, 7) is 2.87. The van der Waals surface area contributed by atoms with Crippen molar-refractivity contribution in [3.63, 3.8) is 0 Å². The third kappa shape index (κ3) is 5.04. The van der Waals surface area contributed by atoms with E-state index in [2.05, 4.69) is 60.2 Å². The van der Waals surface area contributed by atoms with Gasteiger partial charge in [0.05, 0.1) is 14.2 Å². The Morgan fingerprint density at radius 1 is 0.833 bits per heavy atom. The molecule has 0 saturated heterocycles. The summed E-state index contributed by atoms with van der Waals surface area (Å²) in [4.78, 5) is 4.76. The molecule has 0 spiro atoms. The fraction of sp³-hybridized carbons (Fsp3) is 0.111. The van der Waals surface area contributed by atoms with E-state index in [9.17, 15) is 5.26 Å². The van der Waals surface area contributed by atoms with Crippen LogP contribution in [-0.2, 0) is 6.54 Å². The number of benzene rings is 4. The number of fused-ring (bicyclic) bond motifs is 1. The molecule has 0 radical (unpaired) electrons. The molecule has 2 heterocycles. The molecule has 0 aliphatic rings. The monoisotopic (exact) mass is 551 g/mol. The van der Waals surface area contributed by atoms with Gasteiger partial charge in [-0.2, -0.15) is 5.26 Å². The zero-order valence-corrected chi connectivity index (χ0v) is 23.7. The van der Waals surface area contributed by atoms with Crippen molar-refractivity contribution in [2.75, 3.05) is 14.2 Å². The number of furan rings is 1. The predicted octanol–water partition coefficient (Wildman–Crippen LogP) is 8.56. The second-order valence-corrected chi connectivity index (χ2v) is 9.97. The topological polar surface area (TPSA) is 72.7 Å². The molecule has 6 heteroatoms. The highest BCUT2D eigenvalue weighted by Gasteiger charge is 2.23. The molecule has 0 fully saturated rings. The summed E-state index contributed by atoms with van der Waals surface area (Å²) in [5.41, 5.74) is 7.25. The molecule has 6 rings (SSSR count). The minimum Gasteiger partial charge on any atom is -0.497 e. The Hall–Kier alpha value is -5.54. The van der Waals surface area contributed by atoms with Crippen molar-refractivity contribution in [2.24, 2.45) is 4.99 Å². The molecule has 0 aliphatic carbocycles. The molecule has 206 valence electrons. The third-order valence-electron chi connectivity index (χ3n) is 7.47. The molecule has 0 unspecified atom stereocenters. The summed E-state index contributed by atoms with van der Waals surface area (Å²) < 4.78 is 19.3. The van der Waals surface area contributed by atoms with E-state index in [1.54, 1.807) is 20.4 Å². The number of rotatable bonds is 8. The van der Waals surface area contributed by atoms with Gasteiger partial charge in [0.15, 0.2) is 0 Å². The van der Waals surface area contributed by atoms with Gasteiger partial charge in [-0.05, 0) is 66.1 Å². The minimum atomic E-state index is 0.255. The maximum Gasteiger partial charge on any atom is 0.238 e. The Balaban J connectivity index is 1.45. The van der Waals surface area contributed by atoms with Crippen LogP contribution in [0, 0.1) is 18.3 Å². The minimum absolute atomic E-state index is 0.255. The van der Waals surface area contributed by atoms with E-state index in [0.29, 0.717) is 16.9 Å². The van der Waals surface area contributed by atoms with Gasteiger partial charge in [0, 0.05) is 46.5 Å². The van der Waals surface area contributed by atoms with Crippen LogP contribution in [0.25, 0.3) is 33.4 Å². The lowest BCUT2D eigenvalue weighted by Crippen LogP contribution is -1.99. The number of nitrogens with zero attached hydrogens (tertiary/aromatic N) is 3. The Labute approximate surface area is 244 Å². The SMILES string of the molecule is COc1ccc(-c2oc(N=Cc3cn(Cc4ccccc4C)c4ccccc34)c(C#N)c2-c2ccc(OC)cc2)cc1.